The van der Waals surface area contributed by atoms with E-state index in [1.54, 1.807) is 18.2 Å². The van der Waals surface area contributed by atoms with E-state index in [4.69, 9.17) is 0 Å². The van der Waals surface area contributed by atoms with Gasteiger partial charge in [0.15, 0.2) is 0 Å². The molecule has 0 radical (unpaired) electrons. The monoisotopic (exact) mass is 335 g/mol. The highest BCUT2D eigenvalue weighted by Gasteiger charge is 2.17. The summed E-state index contributed by atoms with van der Waals surface area (Å²) in [5.74, 6) is 0.220. The molecule has 0 aliphatic heterocycles. The number of hydrogen-bond donors (Lipinski definition) is 1. The highest BCUT2D eigenvalue weighted by molar-refractivity contribution is 9.10. The second-order valence-electron chi connectivity index (χ2n) is 5.12. The zero-order valence-electron chi connectivity index (χ0n) is 11.5. The van der Waals surface area contributed by atoms with E-state index in [2.05, 4.69) is 46.8 Å². The summed E-state index contributed by atoms with van der Waals surface area (Å²) in [5.41, 5.74) is 0.693. The molecule has 0 atom stereocenters. The largest absolute Gasteiger partial charge is 0.434 e. The van der Waals surface area contributed by atoms with E-state index in [0.717, 1.165) is 22.9 Å². The molecular weight excluding hydrogens is 316 g/mol. The van der Waals surface area contributed by atoms with Gasteiger partial charge in [0.2, 0.25) is 0 Å². The summed E-state index contributed by atoms with van der Waals surface area (Å²) in [4.78, 5) is 0. The van der Waals surface area contributed by atoms with Gasteiger partial charge in [-0.15, -0.1) is 0 Å². The number of nitrogens with one attached hydrogen (secondary N) is 1. The van der Waals surface area contributed by atoms with E-state index in [1.807, 2.05) is 0 Å². The van der Waals surface area contributed by atoms with Crippen molar-refractivity contribution < 1.29 is 13.5 Å². The maximum absolute atomic E-state index is 12.3. The highest BCUT2D eigenvalue weighted by Crippen LogP contribution is 2.25. The maximum Gasteiger partial charge on any atom is 0.387 e. The number of benzene rings is 1. The first-order valence-electron chi connectivity index (χ1n) is 6.32. The van der Waals surface area contributed by atoms with E-state index in [1.165, 1.54) is 0 Å². The van der Waals surface area contributed by atoms with Crippen LogP contribution in [0.15, 0.2) is 22.7 Å². The molecule has 0 aliphatic carbocycles. The SMILES string of the molecule is CCCC(C)(C)NCc1cc(Br)ccc1OC(F)F. The van der Waals surface area contributed by atoms with Crippen LogP contribution in [0.4, 0.5) is 8.78 Å². The predicted octanol–water partition coefficient (Wildman–Crippen LogP) is 4.72. The Morgan fingerprint density at radius 1 is 1.37 bits per heavy atom. The van der Waals surface area contributed by atoms with Gasteiger partial charge in [-0.1, -0.05) is 29.3 Å². The lowest BCUT2D eigenvalue weighted by Gasteiger charge is -2.26. The van der Waals surface area contributed by atoms with Gasteiger partial charge in [0.05, 0.1) is 0 Å². The minimum atomic E-state index is -2.80. The molecule has 1 N–H and O–H groups in total. The van der Waals surface area contributed by atoms with Gasteiger partial charge in [0.25, 0.3) is 0 Å². The summed E-state index contributed by atoms with van der Waals surface area (Å²) in [6.07, 6.45) is 2.09. The number of hydrogen-bond acceptors (Lipinski definition) is 2. The minimum Gasteiger partial charge on any atom is -0.434 e. The second kappa shape index (κ2) is 7.20. The highest BCUT2D eigenvalue weighted by atomic mass is 79.9. The predicted molar refractivity (Wildman–Crippen MR) is 76.6 cm³/mol. The Morgan fingerprint density at radius 3 is 2.63 bits per heavy atom. The van der Waals surface area contributed by atoms with Crippen LogP contribution in [0, 0.1) is 0 Å². The zero-order valence-corrected chi connectivity index (χ0v) is 13.1. The maximum atomic E-state index is 12.3. The number of rotatable bonds is 7. The van der Waals surface area contributed by atoms with Crippen molar-refractivity contribution in [3.63, 3.8) is 0 Å². The molecule has 0 saturated carbocycles. The van der Waals surface area contributed by atoms with E-state index in [9.17, 15) is 8.78 Å². The lowest BCUT2D eigenvalue weighted by atomic mass is 9.98. The lowest BCUT2D eigenvalue weighted by molar-refractivity contribution is -0.0505. The van der Waals surface area contributed by atoms with Crippen LogP contribution in [0.5, 0.6) is 5.75 Å². The molecule has 108 valence electrons. The fraction of sp³-hybridized carbons (Fsp3) is 0.571. The van der Waals surface area contributed by atoms with Gasteiger partial charge in [-0.3, -0.25) is 0 Å². The molecule has 19 heavy (non-hydrogen) atoms. The molecule has 1 rings (SSSR count). The Labute approximate surface area is 121 Å². The van der Waals surface area contributed by atoms with E-state index >= 15 is 0 Å². The summed E-state index contributed by atoms with van der Waals surface area (Å²) in [5, 5.41) is 3.37. The lowest BCUT2D eigenvalue weighted by Crippen LogP contribution is -2.38. The van der Waals surface area contributed by atoms with Crippen LogP contribution in [-0.4, -0.2) is 12.2 Å². The molecule has 2 nitrogen and oxygen atoms in total. The van der Waals surface area contributed by atoms with Crippen molar-refractivity contribution >= 4 is 15.9 Å². The fourth-order valence-corrected chi connectivity index (χ4v) is 2.35. The second-order valence-corrected chi connectivity index (χ2v) is 6.03. The summed E-state index contributed by atoms with van der Waals surface area (Å²) >= 11 is 3.34. The van der Waals surface area contributed by atoms with Crippen LogP contribution in [0.2, 0.25) is 0 Å². The molecule has 0 heterocycles. The molecule has 0 aliphatic rings. The average molecular weight is 336 g/mol. The third kappa shape index (κ3) is 5.87. The van der Waals surface area contributed by atoms with Gasteiger partial charge in [-0.05, 0) is 38.5 Å². The van der Waals surface area contributed by atoms with Gasteiger partial charge >= 0.3 is 6.61 Å². The Bertz CT molecular complexity index is 410. The topological polar surface area (TPSA) is 21.3 Å². The number of halogens is 3. The Balaban J connectivity index is 2.78. The number of alkyl halides is 2. The van der Waals surface area contributed by atoms with Crippen molar-refractivity contribution in [1.82, 2.24) is 5.32 Å². The van der Waals surface area contributed by atoms with Crippen LogP contribution in [0.25, 0.3) is 0 Å². The van der Waals surface area contributed by atoms with Gasteiger partial charge in [0.1, 0.15) is 5.75 Å². The van der Waals surface area contributed by atoms with E-state index in [0.29, 0.717) is 6.54 Å². The molecule has 0 unspecified atom stereocenters. The van der Waals surface area contributed by atoms with Crippen molar-refractivity contribution in [2.45, 2.75) is 52.3 Å². The zero-order chi connectivity index (χ0) is 14.5. The summed E-state index contributed by atoms with van der Waals surface area (Å²) in [7, 11) is 0. The molecule has 0 aromatic heterocycles. The van der Waals surface area contributed by atoms with E-state index < -0.39 is 6.61 Å². The van der Waals surface area contributed by atoms with Crippen molar-refractivity contribution in [3.05, 3.63) is 28.2 Å². The standard InChI is InChI=1S/C14H20BrF2NO/c1-4-7-14(2,3)18-9-10-8-11(15)5-6-12(10)19-13(16)17/h5-6,8,13,18H,4,7,9H2,1-3H3. The summed E-state index contributed by atoms with van der Waals surface area (Å²) in [6, 6.07) is 5.05. The van der Waals surface area contributed by atoms with E-state index in [-0.39, 0.29) is 11.3 Å². The molecule has 0 spiro atoms. The third-order valence-corrected chi connectivity index (χ3v) is 3.36. The molecule has 1 aromatic rings. The number of ether oxygens (including phenoxy) is 1. The van der Waals surface area contributed by atoms with Crippen molar-refractivity contribution in [1.29, 1.82) is 0 Å². The van der Waals surface area contributed by atoms with Crippen LogP contribution in [0.3, 0.4) is 0 Å². The minimum absolute atomic E-state index is 0.0286. The Hall–Kier alpha value is -0.680. The van der Waals surface area contributed by atoms with Gasteiger partial charge in [0, 0.05) is 22.1 Å². The Kier molecular flexibility index (Phi) is 6.20. The normalized spacial score (nSPS) is 11.9. The van der Waals surface area contributed by atoms with Crippen molar-refractivity contribution in [3.8, 4) is 5.75 Å². The fourth-order valence-electron chi connectivity index (χ4n) is 1.95. The smallest absolute Gasteiger partial charge is 0.387 e. The van der Waals surface area contributed by atoms with Gasteiger partial charge in [-0.25, -0.2) is 0 Å². The molecule has 0 amide bonds. The quantitative estimate of drug-likeness (QED) is 0.778. The van der Waals surface area contributed by atoms with Crippen LogP contribution in [0.1, 0.15) is 39.2 Å². The van der Waals surface area contributed by atoms with Gasteiger partial charge in [-0.2, -0.15) is 8.78 Å². The summed E-state index contributed by atoms with van der Waals surface area (Å²) < 4.78 is 30.1. The van der Waals surface area contributed by atoms with Crippen LogP contribution >= 0.6 is 15.9 Å². The molecule has 0 bridgehead atoms. The van der Waals surface area contributed by atoms with Crippen LogP contribution in [-0.2, 0) is 6.54 Å². The van der Waals surface area contributed by atoms with Crippen molar-refractivity contribution in [2.75, 3.05) is 0 Å². The van der Waals surface area contributed by atoms with Crippen LogP contribution < -0.4 is 10.1 Å². The third-order valence-electron chi connectivity index (χ3n) is 2.87. The molecule has 0 fully saturated rings. The first-order chi connectivity index (χ1) is 8.84. The molecule has 1 aromatic carbocycles. The molecular formula is C14H20BrF2NO. The molecule has 5 heteroatoms. The molecule has 0 saturated heterocycles. The van der Waals surface area contributed by atoms with Crippen molar-refractivity contribution in [2.24, 2.45) is 0 Å². The Morgan fingerprint density at radius 2 is 2.05 bits per heavy atom. The first kappa shape index (κ1) is 16.4. The van der Waals surface area contributed by atoms with Gasteiger partial charge < -0.3 is 10.1 Å². The average Bonchev–Trinajstić information content (AvgIpc) is 2.29. The summed E-state index contributed by atoms with van der Waals surface area (Å²) in [6.45, 7) is 4.01. The first-order valence-corrected chi connectivity index (χ1v) is 7.11.